The first-order valence-corrected chi connectivity index (χ1v) is 6.26. The van der Waals surface area contributed by atoms with Crippen molar-refractivity contribution >= 4 is 5.69 Å². The molecule has 1 unspecified atom stereocenters. The van der Waals surface area contributed by atoms with Crippen LogP contribution in [0.4, 0.5) is 5.69 Å². The highest BCUT2D eigenvalue weighted by atomic mass is 15.2. The highest BCUT2D eigenvalue weighted by molar-refractivity contribution is 5.54. The molecule has 2 N–H and O–H groups in total. The number of nitrogens with zero attached hydrogens (tertiary/aromatic N) is 2. The van der Waals surface area contributed by atoms with Crippen LogP contribution in [0, 0.1) is 6.92 Å². The monoisotopic (exact) mass is 239 g/mol. The van der Waals surface area contributed by atoms with Crippen LogP contribution >= 0.6 is 0 Å². The van der Waals surface area contributed by atoms with Crippen LogP contribution in [0.5, 0.6) is 0 Å². The van der Waals surface area contributed by atoms with E-state index in [2.05, 4.69) is 41.1 Å². The van der Waals surface area contributed by atoms with Crippen LogP contribution in [-0.4, -0.2) is 11.5 Å². The Hall–Kier alpha value is -1.87. The van der Waals surface area contributed by atoms with E-state index >= 15 is 0 Å². The third-order valence-corrected chi connectivity index (χ3v) is 3.58. The van der Waals surface area contributed by atoms with Gasteiger partial charge in [-0.05, 0) is 30.2 Å². The minimum Gasteiger partial charge on any atom is -0.358 e. The summed E-state index contributed by atoms with van der Waals surface area (Å²) < 4.78 is 0. The van der Waals surface area contributed by atoms with Gasteiger partial charge in [0.05, 0.1) is 17.9 Å². The summed E-state index contributed by atoms with van der Waals surface area (Å²) in [5.41, 5.74) is 11.1. The third-order valence-electron chi connectivity index (χ3n) is 3.58. The Balaban J connectivity index is 2.02. The van der Waals surface area contributed by atoms with Crippen LogP contribution < -0.4 is 10.6 Å². The average molecular weight is 239 g/mol. The summed E-state index contributed by atoms with van der Waals surface area (Å²) in [5.74, 6) is 0. The second-order valence-electron chi connectivity index (χ2n) is 4.79. The topological polar surface area (TPSA) is 42.1 Å². The van der Waals surface area contributed by atoms with Gasteiger partial charge in [-0.2, -0.15) is 0 Å². The number of aryl methyl sites for hydroxylation is 1. The number of nitrogens with two attached hydrogens (primary N) is 1. The molecule has 0 fully saturated rings. The molecule has 0 spiro atoms. The van der Waals surface area contributed by atoms with Crippen molar-refractivity contribution in [2.75, 3.05) is 11.4 Å². The lowest BCUT2D eigenvalue weighted by atomic mass is 10.0. The van der Waals surface area contributed by atoms with Crippen LogP contribution in [0.15, 0.2) is 42.7 Å². The van der Waals surface area contributed by atoms with Gasteiger partial charge in [0.1, 0.15) is 0 Å². The lowest BCUT2D eigenvalue weighted by molar-refractivity contribution is 0.677. The van der Waals surface area contributed by atoms with Crippen LogP contribution in [-0.2, 0) is 6.54 Å². The fourth-order valence-electron chi connectivity index (χ4n) is 2.68. The van der Waals surface area contributed by atoms with Crippen LogP contribution in [0.2, 0.25) is 0 Å². The molecule has 18 heavy (non-hydrogen) atoms. The molecular weight excluding hydrogens is 222 g/mol. The number of aromatic nitrogens is 1. The maximum Gasteiger partial charge on any atom is 0.0672 e. The molecule has 0 bridgehead atoms. The zero-order valence-corrected chi connectivity index (χ0v) is 10.5. The van der Waals surface area contributed by atoms with Gasteiger partial charge in [0.15, 0.2) is 0 Å². The number of fused-ring (bicyclic) bond motifs is 1. The second kappa shape index (κ2) is 4.42. The molecule has 0 aliphatic carbocycles. The van der Waals surface area contributed by atoms with Gasteiger partial charge in [-0.1, -0.05) is 23.8 Å². The first-order valence-electron chi connectivity index (χ1n) is 6.26. The van der Waals surface area contributed by atoms with Crippen LogP contribution in [0.3, 0.4) is 0 Å². The summed E-state index contributed by atoms with van der Waals surface area (Å²) in [6.45, 7) is 3.68. The van der Waals surface area contributed by atoms with Gasteiger partial charge in [-0.15, -0.1) is 0 Å². The van der Waals surface area contributed by atoms with Gasteiger partial charge in [0.2, 0.25) is 0 Å². The largest absolute Gasteiger partial charge is 0.358 e. The number of benzene rings is 1. The van der Waals surface area contributed by atoms with E-state index in [-0.39, 0.29) is 6.04 Å². The van der Waals surface area contributed by atoms with Crippen molar-refractivity contribution < 1.29 is 0 Å². The molecule has 2 heterocycles. The summed E-state index contributed by atoms with van der Waals surface area (Å²) in [6.07, 6.45) is 3.70. The normalized spacial score (nSPS) is 17.9. The molecule has 92 valence electrons. The maximum atomic E-state index is 5.96. The van der Waals surface area contributed by atoms with E-state index in [1.807, 2.05) is 12.3 Å². The van der Waals surface area contributed by atoms with Crippen LogP contribution in [0.25, 0.3) is 0 Å². The Bertz CT molecular complexity index is 551. The zero-order valence-electron chi connectivity index (χ0n) is 10.5. The van der Waals surface area contributed by atoms with Crippen molar-refractivity contribution in [3.8, 4) is 0 Å². The van der Waals surface area contributed by atoms with Gasteiger partial charge in [0, 0.05) is 19.3 Å². The highest BCUT2D eigenvalue weighted by Crippen LogP contribution is 2.36. The first-order chi connectivity index (χ1) is 8.79. The third kappa shape index (κ3) is 1.77. The molecule has 0 amide bonds. The molecule has 1 atom stereocenters. The van der Waals surface area contributed by atoms with Gasteiger partial charge in [-0.25, -0.2) is 0 Å². The SMILES string of the molecule is Cc1ccc2c(c1)C(CN)N(c1cccnc1)C2. The summed E-state index contributed by atoms with van der Waals surface area (Å²) in [4.78, 5) is 6.53. The minimum atomic E-state index is 0.268. The fraction of sp³-hybridized carbons (Fsp3) is 0.267. The molecule has 1 aliphatic heterocycles. The second-order valence-corrected chi connectivity index (χ2v) is 4.79. The average Bonchev–Trinajstić information content (AvgIpc) is 2.77. The predicted octanol–water partition coefficient (Wildman–Crippen LogP) is 2.41. The maximum absolute atomic E-state index is 5.96. The fourth-order valence-corrected chi connectivity index (χ4v) is 2.68. The Morgan fingerprint density at radius 3 is 3.00 bits per heavy atom. The van der Waals surface area contributed by atoms with Crippen molar-refractivity contribution in [1.82, 2.24) is 4.98 Å². The van der Waals surface area contributed by atoms with E-state index < -0.39 is 0 Å². The molecule has 3 heteroatoms. The van der Waals surface area contributed by atoms with Crippen molar-refractivity contribution in [2.45, 2.75) is 19.5 Å². The molecule has 0 radical (unpaired) electrons. The quantitative estimate of drug-likeness (QED) is 0.875. The summed E-state index contributed by atoms with van der Waals surface area (Å²) in [6, 6.07) is 11.0. The number of pyridine rings is 1. The van der Waals surface area contributed by atoms with E-state index in [0.717, 1.165) is 12.2 Å². The Morgan fingerprint density at radius 2 is 2.28 bits per heavy atom. The van der Waals surface area contributed by atoms with Gasteiger partial charge in [0.25, 0.3) is 0 Å². The lowest BCUT2D eigenvalue weighted by Crippen LogP contribution is -2.27. The molecular formula is C15H17N3. The standard InChI is InChI=1S/C15H17N3/c1-11-4-5-12-10-18(13-3-2-6-17-9-13)15(8-16)14(12)7-11/h2-7,9,15H,8,10,16H2,1H3. The Morgan fingerprint density at radius 1 is 1.39 bits per heavy atom. The van der Waals surface area contributed by atoms with Gasteiger partial charge < -0.3 is 10.6 Å². The summed E-state index contributed by atoms with van der Waals surface area (Å²) in [5, 5.41) is 0. The van der Waals surface area contributed by atoms with E-state index in [1.165, 1.54) is 16.7 Å². The zero-order chi connectivity index (χ0) is 12.5. The predicted molar refractivity (Wildman–Crippen MR) is 73.4 cm³/mol. The van der Waals surface area contributed by atoms with E-state index in [9.17, 15) is 0 Å². The molecule has 2 aromatic rings. The molecule has 0 saturated heterocycles. The molecule has 1 aliphatic rings. The first kappa shape index (κ1) is 11.2. The Labute approximate surface area is 107 Å². The summed E-state index contributed by atoms with van der Waals surface area (Å²) >= 11 is 0. The number of anilines is 1. The van der Waals surface area contributed by atoms with E-state index in [1.54, 1.807) is 6.20 Å². The van der Waals surface area contributed by atoms with E-state index in [4.69, 9.17) is 5.73 Å². The smallest absolute Gasteiger partial charge is 0.0672 e. The molecule has 1 aromatic carbocycles. The Kier molecular flexibility index (Phi) is 2.76. The van der Waals surface area contributed by atoms with Crippen molar-refractivity contribution in [3.63, 3.8) is 0 Å². The van der Waals surface area contributed by atoms with Gasteiger partial charge >= 0.3 is 0 Å². The molecule has 1 aromatic heterocycles. The van der Waals surface area contributed by atoms with Crippen molar-refractivity contribution in [2.24, 2.45) is 5.73 Å². The van der Waals surface area contributed by atoms with Crippen LogP contribution in [0.1, 0.15) is 22.7 Å². The van der Waals surface area contributed by atoms with Crippen molar-refractivity contribution in [1.29, 1.82) is 0 Å². The van der Waals surface area contributed by atoms with E-state index in [0.29, 0.717) is 6.54 Å². The minimum absolute atomic E-state index is 0.268. The highest BCUT2D eigenvalue weighted by Gasteiger charge is 2.29. The number of hydrogen-bond donors (Lipinski definition) is 1. The molecule has 3 rings (SSSR count). The lowest BCUT2D eigenvalue weighted by Gasteiger charge is -2.25. The molecule has 3 nitrogen and oxygen atoms in total. The number of hydrogen-bond acceptors (Lipinski definition) is 3. The number of rotatable bonds is 2. The van der Waals surface area contributed by atoms with Crippen molar-refractivity contribution in [3.05, 3.63) is 59.4 Å². The molecule has 0 saturated carbocycles. The summed E-state index contributed by atoms with van der Waals surface area (Å²) in [7, 11) is 0. The van der Waals surface area contributed by atoms with Gasteiger partial charge in [-0.3, -0.25) is 4.98 Å².